The third-order valence-corrected chi connectivity index (χ3v) is 5.70. The zero-order valence-electron chi connectivity index (χ0n) is 13.6. The summed E-state index contributed by atoms with van der Waals surface area (Å²) in [6, 6.07) is 12.5. The highest BCUT2D eigenvalue weighted by Crippen LogP contribution is 2.26. The number of H-pyrrole nitrogens is 1. The number of rotatable bonds is 4. The van der Waals surface area contributed by atoms with Gasteiger partial charge in [0.05, 0.1) is 11.3 Å². The lowest BCUT2D eigenvalue weighted by Crippen LogP contribution is -2.23. The van der Waals surface area contributed by atoms with E-state index in [0.717, 1.165) is 22.2 Å². The molecule has 25 heavy (non-hydrogen) atoms. The summed E-state index contributed by atoms with van der Waals surface area (Å²) >= 11 is 0. The van der Waals surface area contributed by atoms with Gasteiger partial charge in [-0.05, 0) is 59.8 Å². The maximum absolute atomic E-state index is 12.5. The van der Waals surface area contributed by atoms with Gasteiger partial charge in [0.15, 0.2) is 0 Å². The molecule has 0 bridgehead atoms. The van der Waals surface area contributed by atoms with E-state index in [9.17, 15) is 13.2 Å². The smallest absolute Gasteiger partial charge is 0.240 e. The van der Waals surface area contributed by atoms with Gasteiger partial charge in [0.1, 0.15) is 0 Å². The van der Waals surface area contributed by atoms with Crippen LogP contribution in [-0.2, 0) is 27.8 Å². The number of carbonyl (C=O) groups excluding carboxylic acids is 1. The minimum atomic E-state index is -3.64. The van der Waals surface area contributed by atoms with Gasteiger partial charge in [0, 0.05) is 23.4 Å². The van der Waals surface area contributed by atoms with Crippen molar-refractivity contribution >= 4 is 32.5 Å². The summed E-state index contributed by atoms with van der Waals surface area (Å²) in [5.41, 5.74) is 4.36. The molecule has 0 radical (unpaired) electrons. The lowest BCUT2D eigenvalue weighted by molar-refractivity contribution is -0.115. The van der Waals surface area contributed by atoms with Crippen LogP contribution in [0, 0.1) is 6.92 Å². The SMILES string of the molecule is Cc1cc2cc(CNS(=O)(=O)c3ccc4c(c3)CC(=O)N4)ccc2[nH]1. The minimum Gasteiger partial charge on any atom is -0.359 e. The summed E-state index contributed by atoms with van der Waals surface area (Å²) < 4.78 is 27.7. The average Bonchev–Trinajstić information content (AvgIpc) is 3.11. The summed E-state index contributed by atoms with van der Waals surface area (Å²) in [5.74, 6) is -0.118. The van der Waals surface area contributed by atoms with Crippen LogP contribution >= 0.6 is 0 Å². The number of hydrogen-bond acceptors (Lipinski definition) is 3. The summed E-state index contributed by atoms with van der Waals surface area (Å²) in [5, 5.41) is 3.75. The van der Waals surface area contributed by atoms with E-state index < -0.39 is 10.0 Å². The van der Waals surface area contributed by atoms with Gasteiger partial charge in [0.25, 0.3) is 0 Å². The molecule has 0 fully saturated rings. The number of aromatic amines is 1. The first kappa shape index (κ1) is 15.9. The zero-order valence-corrected chi connectivity index (χ0v) is 14.4. The van der Waals surface area contributed by atoms with Crippen molar-refractivity contribution in [3.8, 4) is 0 Å². The molecule has 3 aromatic rings. The summed E-state index contributed by atoms with van der Waals surface area (Å²) in [6.45, 7) is 2.19. The second-order valence-electron chi connectivity index (χ2n) is 6.24. The van der Waals surface area contributed by atoms with Crippen LogP contribution in [-0.4, -0.2) is 19.3 Å². The second kappa shape index (κ2) is 5.72. The van der Waals surface area contributed by atoms with Gasteiger partial charge in [-0.3, -0.25) is 4.79 Å². The van der Waals surface area contributed by atoms with Crippen molar-refractivity contribution in [1.29, 1.82) is 0 Å². The van der Waals surface area contributed by atoms with E-state index in [2.05, 4.69) is 15.0 Å². The molecule has 6 nitrogen and oxygen atoms in total. The van der Waals surface area contributed by atoms with Gasteiger partial charge in [0.2, 0.25) is 15.9 Å². The lowest BCUT2D eigenvalue weighted by Gasteiger charge is -2.08. The van der Waals surface area contributed by atoms with Crippen molar-refractivity contribution < 1.29 is 13.2 Å². The molecule has 0 saturated heterocycles. The molecule has 1 aromatic heterocycles. The van der Waals surface area contributed by atoms with Gasteiger partial charge in [-0.1, -0.05) is 6.07 Å². The number of benzene rings is 2. The Kier molecular flexibility index (Phi) is 3.63. The number of carbonyl (C=O) groups is 1. The predicted molar refractivity (Wildman–Crippen MR) is 95.8 cm³/mol. The monoisotopic (exact) mass is 355 g/mol. The highest BCUT2D eigenvalue weighted by Gasteiger charge is 2.21. The quantitative estimate of drug-likeness (QED) is 0.671. The van der Waals surface area contributed by atoms with Crippen LogP contribution in [0.5, 0.6) is 0 Å². The first-order chi connectivity index (χ1) is 11.9. The Labute approximate surface area is 145 Å². The molecule has 2 aromatic carbocycles. The normalized spacial score (nSPS) is 13.9. The van der Waals surface area contributed by atoms with Crippen LogP contribution in [0.15, 0.2) is 47.4 Å². The number of fused-ring (bicyclic) bond motifs is 2. The van der Waals surface area contributed by atoms with E-state index in [1.807, 2.05) is 31.2 Å². The van der Waals surface area contributed by atoms with Crippen LogP contribution in [0.2, 0.25) is 0 Å². The first-order valence-corrected chi connectivity index (χ1v) is 9.40. The van der Waals surface area contributed by atoms with Crippen molar-refractivity contribution in [2.24, 2.45) is 0 Å². The van der Waals surface area contributed by atoms with Crippen molar-refractivity contribution in [2.75, 3.05) is 5.32 Å². The Morgan fingerprint density at radius 3 is 2.80 bits per heavy atom. The Balaban J connectivity index is 1.54. The van der Waals surface area contributed by atoms with Gasteiger partial charge >= 0.3 is 0 Å². The topological polar surface area (TPSA) is 91.1 Å². The molecule has 0 unspecified atom stereocenters. The Bertz CT molecular complexity index is 1100. The van der Waals surface area contributed by atoms with E-state index in [-0.39, 0.29) is 23.8 Å². The van der Waals surface area contributed by atoms with Crippen LogP contribution < -0.4 is 10.0 Å². The molecular weight excluding hydrogens is 338 g/mol. The predicted octanol–water partition coefficient (Wildman–Crippen LogP) is 2.45. The fraction of sp³-hybridized carbons (Fsp3) is 0.167. The molecule has 7 heteroatoms. The average molecular weight is 355 g/mol. The van der Waals surface area contributed by atoms with Gasteiger partial charge in [-0.15, -0.1) is 0 Å². The molecule has 1 aliphatic heterocycles. The summed E-state index contributed by atoms with van der Waals surface area (Å²) in [6.07, 6.45) is 0.211. The maximum Gasteiger partial charge on any atom is 0.240 e. The van der Waals surface area contributed by atoms with Gasteiger partial charge in [-0.2, -0.15) is 0 Å². The van der Waals surface area contributed by atoms with Gasteiger partial charge < -0.3 is 10.3 Å². The maximum atomic E-state index is 12.5. The van der Waals surface area contributed by atoms with E-state index in [1.54, 1.807) is 12.1 Å². The highest BCUT2D eigenvalue weighted by atomic mass is 32.2. The highest BCUT2D eigenvalue weighted by molar-refractivity contribution is 7.89. The number of sulfonamides is 1. The standard InChI is InChI=1S/C18H17N3O3S/c1-11-6-13-7-12(2-4-16(13)20-11)10-19-25(23,24)15-3-5-17-14(8-15)9-18(22)21-17/h2-8,19-20H,9-10H2,1H3,(H,21,22). The van der Waals surface area contributed by atoms with Crippen molar-refractivity contribution in [2.45, 2.75) is 24.8 Å². The first-order valence-electron chi connectivity index (χ1n) is 7.91. The molecule has 0 spiro atoms. The third kappa shape index (κ3) is 3.04. The van der Waals surface area contributed by atoms with Gasteiger partial charge in [-0.25, -0.2) is 13.1 Å². The fourth-order valence-electron chi connectivity index (χ4n) is 3.07. The van der Waals surface area contributed by atoms with Crippen molar-refractivity contribution in [3.05, 3.63) is 59.3 Å². The van der Waals surface area contributed by atoms with Crippen LogP contribution in [0.3, 0.4) is 0 Å². The molecule has 3 N–H and O–H groups in total. The molecule has 4 rings (SSSR count). The molecule has 128 valence electrons. The van der Waals surface area contributed by atoms with Crippen LogP contribution in [0.1, 0.15) is 16.8 Å². The van der Waals surface area contributed by atoms with E-state index in [4.69, 9.17) is 0 Å². The molecule has 1 amide bonds. The van der Waals surface area contributed by atoms with E-state index in [1.165, 1.54) is 6.07 Å². The lowest BCUT2D eigenvalue weighted by atomic mass is 10.1. The second-order valence-corrected chi connectivity index (χ2v) is 8.01. The number of anilines is 1. The molecule has 1 aliphatic rings. The van der Waals surface area contributed by atoms with E-state index >= 15 is 0 Å². The number of nitrogens with one attached hydrogen (secondary N) is 3. The Morgan fingerprint density at radius 2 is 1.96 bits per heavy atom. The number of aryl methyl sites for hydroxylation is 1. The fourth-order valence-corrected chi connectivity index (χ4v) is 4.14. The number of aromatic nitrogens is 1. The summed E-state index contributed by atoms with van der Waals surface area (Å²) in [7, 11) is -3.64. The van der Waals surface area contributed by atoms with Crippen LogP contribution in [0.25, 0.3) is 10.9 Å². The molecule has 0 atom stereocenters. The Morgan fingerprint density at radius 1 is 1.12 bits per heavy atom. The molecular formula is C18H17N3O3S. The third-order valence-electron chi connectivity index (χ3n) is 4.30. The van der Waals surface area contributed by atoms with Crippen molar-refractivity contribution in [1.82, 2.24) is 9.71 Å². The number of hydrogen-bond donors (Lipinski definition) is 3. The molecule has 0 saturated carbocycles. The number of amides is 1. The Hall–Kier alpha value is -2.64. The molecule has 2 heterocycles. The summed E-state index contributed by atoms with van der Waals surface area (Å²) in [4.78, 5) is 14.8. The van der Waals surface area contributed by atoms with Crippen molar-refractivity contribution in [3.63, 3.8) is 0 Å². The largest absolute Gasteiger partial charge is 0.359 e. The zero-order chi connectivity index (χ0) is 17.6. The minimum absolute atomic E-state index is 0.118. The van der Waals surface area contributed by atoms with E-state index in [0.29, 0.717) is 11.3 Å². The van der Waals surface area contributed by atoms with Crippen LogP contribution in [0.4, 0.5) is 5.69 Å². The molecule has 0 aliphatic carbocycles.